The number of halogens is 6. The molecule has 2 heterocycles. The lowest BCUT2D eigenvalue weighted by atomic mass is 10.1. The smallest absolute Gasteiger partial charge is 0.416 e. The fourth-order valence-electron chi connectivity index (χ4n) is 3.77. The Kier molecular flexibility index (Phi) is 11.1. The predicted octanol–water partition coefficient (Wildman–Crippen LogP) is 7.92. The van der Waals surface area contributed by atoms with Gasteiger partial charge in [-0.15, -0.1) is 0 Å². The van der Waals surface area contributed by atoms with Gasteiger partial charge in [0.1, 0.15) is 23.9 Å². The van der Waals surface area contributed by atoms with Gasteiger partial charge >= 0.3 is 12.4 Å². The number of aliphatic hydroxyl groups is 1. The van der Waals surface area contributed by atoms with Crippen molar-refractivity contribution in [2.75, 3.05) is 13.2 Å². The summed E-state index contributed by atoms with van der Waals surface area (Å²) in [4.78, 5) is 8.46. The number of nitrogens with zero attached hydrogens (tertiary/aromatic N) is 2. The molecule has 4 rings (SSSR count). The molecule has 0 aliphatic rings. The molecule has 0 aliphatic carbocycles. The predicted molar refractivity (Wildman–Crippen MR) is 148 cm³/mol. The molecule has 0 saturated heterocycles. The molecule has 0 bridgehead atoms. The topological polar surface area (TPSA) is 90.8 Å². The maximum absolute atomic E-state index is 12.7. The van der Waals surface area contributed by atoms with Crippen molar-refractivity contribution in [2.45, 2.75) is 44.5 Å². The lowest BCUT2D eigenvalue weighted by Gasteiger charge is -2.10. The molecule has 2 aromatic carbocycles. The van der Waals surface area contributed by atoms with E-state index >= 15 is 0 Å². The average molecular weight is 623 g/mol. The Morgan fingerprint density at radius 2 is 1.02 bits per heavy atom. The van der Waals surface area contributed by atoms with Gasteiger partial charge in [-0.1, -0.05) is 24.3 Å². The first-order chi connectivity index (χ1) is 21.0. The highest BCUT2D eigenvalue weighted by atomic mass is 19.4. The van der Waals surface area contributed by atoms with Crippen LogP contribution in [0.5, 0.6) is 0 Å². The van der Waals surface area contributed by atoms with Gasteiger partial charge < -0.3 is 23.4 Å². The first-order valence-electron chi connectivity index (χ1n) is 13.4. The van der Waals surface area contributed by atoms with E-state index in [9.17, 15) is 31.4 Å². The molecule has 0 saturated carbocycles. The molecule has 44 heavy (non-hydrogen) atoms. The monoisotopic (exact) mass is 622 g/mol. The number of benzene rings is 2. The van der Waals surface area contributed by atoms with Gasteiger partial charge in [-0.05, 0) is 60.4 Å². The Hall–Kier alpha value is -4.20. The third kappa shape index (κ3) is 10.5. The summed E-state index contributed by atoms with van der Waals surface area (Å²) >= 11 is 0. The van der Waals surface area contributed by atoms with Crippen molar-refractivity contribution in [2.24, 2.45) is 0 Å². The van der Waals surface area contributed by atoms with E-state index in [1.165, 1.54) is 48.9 Å². The van der Waals surface area contributed by atoms with Crippen LogP contribution >= 0.6 is 0 Å². The lowest BCUT2D eigenvalue weighted by molar-refractivity contribution is -0.138. The van der Waals surface area contributed by atoms with Crippen molar-refractivity contribution in [1.29, 1.82) is 0 Å². The number of alkyl halides is 6. The Bertz CT molecular complexity index is 1390. The largest absolute Gasteiger partial charge is 0.445 e. The molecule has 1 N–H and O–H groups in total. The van der Waals surface area contributed by atoms with E-state index in [-0.39, 0.29) is 38.2 Å². The van der Waals surface area contributed by atoms with E-state index in [0.717, 1.165) is 24.3 Å². The van der Waals surface area contributed by atoms with Crippen molar-refractivity contribution in [3.63, 3.8) is 0 Å². The van der Waals surface area contributed by atoms with Crippen LogP contribution in [-0.4, -0.2) is 34.4 Å². The summed E-state index contributed by atoms with van der Waals surface area (Å²) in [6.07, 6.45) is 0.364. The minimum absolute atomic E-state index is 0.155. The summed E-state index contributed by atoms with van der Waals surface area (Å²) in [7, 11) is 0. The van der Waals surface area contributed by atoms with Gasteiger partial charge in [0.2, 0.25) is 11.8 Å². The highest BCUT2D eigenvalue weighted by molar-refractivity contribution is 5.66. The second-order valence-corrected chi connectivity index (χ2v) is 9.60. The van der Waals surface area contributed by atoms with Crippen LogP contribution in [0.15, 0.2) is 69.9 Å². The Morgan fingerprint density at radius 3 is 1.39 bits per heavy atom. The molecule has 234 valence electrons. The number of hydrogen-bond acceptors (Lipinski definition) is 7. The Labute approximate surface area is 248 Å². The van der Waals surface area contributed by atoms with Crippen molar-refractivity contribution in [3.05, 3.63) is 106 Å². The highest BCUT2D eigenvalue weighted by Gasteiger charge is 2.30. The van der Waals surface area contributed by atoms with E-state index in [0.29, 0.717) is 35.4 Å². The molecule has 7 nitrogen and oxygen atoms in total. The third-order valence-corrected chi connectivity index (χ3v) is 6.14. The number of hydrogen-bond donors (Lipinski definition) is 1. The quantitative estimate of drug-likeness (QED) is 0.113. The zero-order valence-corrected chi connectivity index (χ0v) is 23.1. The van der Waals surface area contributed by atoms with Crippen LogP contribution in [0.2, 0.25) is 0 Å². The summed E-state index contributed by atoms with van der Waals surface area (Å²) in [5.74, 6) is 0.546. The lowest BCUT2D eigenvalue weighted by Crippen LogP contribution is -2.13. The second kappa shape index (κ2) is 15.0. The van der Waals surface area contributed by atoms with Gasteiger partial charge in [-0.3, -0.25) is 0 Å². The van der Waals surface area contributed by atoms with Crippen LogP contribution in [-0.2, 0) is 35.0 Å². The van der Waals surface area contributed by atoms with Gasteiger partial charge in [0.25, 0.3) is 0 Å². The summed E-state index contributed by atoms with van der Waals surface area (Å²) in [5, 5.41) is 10.2. The number of aliphatic hydroxyl groups excluding tert-OH is 1. The summed E-state index contributed by atoms with van der Waals surface area (Å²) in [6.45, 7) is 0.844. The zero-order chi connectivity index (χ0) is 31.6. The van der Waals surface area contributed by atoms with E-state index in [1.807, 2.05) is 0 Å². The first kappa shape index (κ1) is 32.7. The molecule has 13 heteroatoms. The van der Waals surface area contributed by atoms with Crippen LogP contribution < -0.4 is 0 Å². The van der Waals surface area contributed by atoms with Crippen LogP contribution in [0.4, 0.5) is 26.3 Å². The van der Waals surface area contributed by atoms with Gasteiger partial charge in [-0.2, -0.15) is 26.3 Å². The van der Waals surface area contributed by atoms with E-state index in [1.54, 1.807) is 12.2 Å². The van der Waals surface area contributed by atoms with Gasteiger partial charge in [0.05, 0.1) is 30.4 Å². The molecule has 0 atom stereocenters. The zero-order valence-electron chi connectivity index (χ0n) is 23.1. The highest BCUT2D eigenvalue weighted by Crippen LogP contribution is 2.30. The second-order valence-electron chi connectivity index (χ2n) is 9.60. The van der Waals surface area contributed by atoms with Gasteiger partial charge in [0, 0.05) is 25.4 Å². The van der Waals surface area contributed by atoms with E-state index < -0.39 is 29.6 Å². The molecule has 0 fully saturated rings. The molecular weight excluding hydrogens is 594 g/mol. The van der Waals surface area contributed by atoms with Crippen molar-refractivity contribution >= 4 is 24.3 Å². The maximum Gasteiger partial charge on any atom is 0.416 e. The average Bonchev–Trinajstić information content (AvgIpc) is 3.64. The van der Waals surface area contributed by atoms with Gasteiger partial charge in [-0.25, -0.2) is 9.97 Å². The molecule has 0 unspecified atom stereocenters. The van der Waals surface area contributed by atoms with E-state index in [4.69, 9.17) is 18.3 Å². The number of rotatable bonds is 14. The molecule has 2 aromatic heterocycles. The Morgan fingerprint density at radius 1 is 0.636 bits per heavy atom. The number of oxazole rings is 2. The minimum atomic E-state index is -4.39. The molecule has 0 radical (unpaired) electrons. The summed E-state index contributed by atoms with van der Waals surface area (Å²) < 4.78 is 97.7. The van der Waals surface area contributed by atoms with Crippen molar-refractivity contribution < 1.29 is 49.8 Å². The van der Waals surface area contributed by atoms with Crippen LogP contribution in [0.3, 0.4) is 0 Å². The van der Waals surface area contributed by atoms with Gasteiger partial charge in [0.15, 0.2) is 0 Å². The molecule has 0 spiro atoms. The third-order valence-electron chi connectivity index (χ3n) is 6.14. The molecular formula is C31H28F6N2O5. The minimum Gasteiger partial charge on any atom is -0.445 e. The molecule has 0 aliphatic heterocycles. The van der Waals surface area contributed by atoms with Crippen LogP contribution in [0.1, 0.15) is 58.3 Å². The molecule has 0 amide bonds. The Balaban J connectivity index is 1.08. The number of ether oxygens (including phenoxy) is 2. The standard InChI is InChI=1S/C31H28F6N2O5/c32-30(33,34)23-7-1-21(2-8-23)5-11-28-38-25(19-43-28)17-41-15-13-27(40)14-16-42-18-26-20-44-29(39-26)12-6-22-3-9-24(10-4-22)31(35,36)37/h1-12,19-20,27,40H,13-18H2/b11-5+,12-6+. The van der Waals surface area contributed by atoms with E-state index in [2.05, 4.69) is 9.97 Å². The normalized spacial score (nSPS) is 12.7. The van der Waals surface area contributed by atoms with Crippen molar-refractivity contribution in [1.82, 2.24) is 9.97 Å². The fraction of sp³-hybridized carbons (Fsp3) is 0.290. The van der Waals surface area contributed by atoms with Crippen LogP contribution in [0.25, 0.3) is 24.3 Å². The molecule has 4 aromatic rings. The maximum atomic E-state index is 12.7. The fourth-order valence-corrected chi connectivity index (χ4v) is 3.77. The summed E-state index contributed by atoms with van der Waals surface area (Å²) in [5.41, 5.74) is 0.720. The number of aromatic nitrogens is 2. The first-order valence-corrected chi connectivity index (χ1v) is 13.4. The van der Waals surface area contributed by atoms with Crippen LogP contribution in [0, 0.1) is 0 Å². The van der Waals surface area contributed by atoms with Crippen molar-refractivity contribution in [3.8, 4) is 0 Å². The SMILES string of the molecule is OC(CCOCc1coc(/C=C/c2ccc(C(F)(F)F)cc2)n1)CCOCc1coc(/C=C/c2ccc(C(F)(F)F)cc2)n1. The summed E-state index contributed by atoms with van der Waals surface area (Å²) in [6, 6.07) is 9.40.